The Kier molecular flexibility index (Phi) is 6.02. The molecule has 2 heterocycles. The number of carbonyl (C=O) groups excluding carboxylic acids is 1. The number of hydrogen-bond donors (Lipinski definition) is 1. The largest absolute Gasteiger partial charge is 0.368 e. The lowest BCUT2D eigenvalue weighted by Crippen LogP contribution is -2.53. The minimum absolute atomic E-state index is 0.00149. The lowest BCUT2D eigenvalue weighted by atomic mass is 9.83. The molecule has 29 heavy (non-hydrogen) atoms. The van der Waals surface area contributed by atoms with Crippen LogP contribution in [0.4, 0.5) is 11.9 Å². The zero-order valence-electron chi connectivity index (χ0n) is 18.0. The van der Waals surface area contributed by atoms with Crippen molar-refractivity contribution in [1.29, 1.82) is 0 Å². The number of benzene rings is 1. The molecular formula is C21H31N7O. The van der Waals surface area contributed by atoms with Crippen LogP contribution >= 0.6 is 0 Å². The number of amides is 1. The Bertz CT molecular complexity index is 845. The Balaban J connectivity index is 1.67. The minimum Gasteiger partial charge on any atom is -0.368 e. The number of anilines is 2. The third-order valence-electron chi connectivity index (χ3n) is 5.61. The quantitative estimate of drug-likeness (QED) is 0.821. The molecule has 1 atom stereocenters. The van der Waals surface area contributed by atoms with Gasteiger partial charge in [0.05, 0.1) is 11.5 Å². The molecule has 0 aliphatic carbocycles. The van der Waals surface area contributed by atoms with Gasteiger partial charge in [-0.25, -0.2) is 0 Å². The highest BCUT2D eigenvalue weighted by molar-refractivity contribution is 5.87. The first kappa shape index (κ1) is 21.0. The fraction of sp³-hybridized carbons (Fsp3) is 0.524. The Morgan fingerprint density at radius 1 is 1.07 bits per heavy atom. The average molecular weight is 398 g/mol. The summed E-state index contributed by atoms with van der Waals surface area (Å²) < 4.78 is 0. The second-order valence-corrected chi connectivity index (χ2v) is 8.24. The van der Waals surface area contributed by atoms with Crippen molar-refractivity contribution in [3.05, 3.63) is 41.7 Å². The summed E-state index contributed by atoms with van der Waals surface area (Å²) >= 11 is 0. The Hall–Kier alpha value is -2.74. The van der Waals surface area contributed by atoms with E-state index >= 15 is 0 Å². The van der Waals surface area contributed by atoms with Gasteiger partial charge in [-0.15, -0.1) is 0 Å². The smallest absolute Gasteiger partial charge is 0.232 e. The van der Waals surface area contributed by atoms with E-state index in [1.54, 1.807) is 0 Å². The van der Waals surface area contributed by atoms with Crippen LogP contribution in [-0.2, 0) is 10.2 Å². The first-order valence-electron chi connectivity index (χ1n) is 9.98. The summed E-state index contributed by atoms with van der Waals surface area (Å²) in [7, 11) is 3.75. The average Bonchev–Trinajstić information content (AvgIpc) is 2.73. The molecule has 2 aromatic rings. The standard InChI is InChI=1S/C21H31N7O/c1-15(17-23-19(22)25-20(24-17)26(4)5)27-11-13-28(14-12-27)18(29)21(2,3)16-9-7-6-8-10-16/h6-10,15H,11-14H2,1-5H3,(H2,22,23,24,25)/t15-/m0/s1. The number of nitrogen functional groups attached to an aromatic ring is 1. The van der Waals surface area contributed by atoms with Gasteiger partial charge < -0.3 is 15.5 Å². The molecule has 0 spiro atoms. The highest BCUT2D eigenvalue weighted by atomic mass is 16.2. The van der Waals surface area contributed by atoms with Crippen molar-refractivity contribution < 1.29 is 4.79 Å². The van der Waals surface area contributed by atoms with Crippen molar-refractivity contribution in [2.45, 2.75) is 32.2 Å². The van der Waals surface area contributed by atoms with E-state index < -0.39 is 5.41 Å². The van der Waals surface area contributed by atoms with E-state index in [1.165, 1.54) is 0 Å². The fourth-order valence-corrected chi connectivity index (χ4v) is 3.63. The van der Waals surface area contributed by atoms with Crippen LogP contribution in [0.1, 0.15) is 38.2 Å². The summed E-state index contributed by atoms with van der Waals surface area (Å²) in [6.07, 6.45) is 0. The zero-order chi connectivity index (χ0) is 21.2. The van der Waals surface area contributed by atoms with Crippen LogP contribution < -0.4 is 10.6 Å². The Morgan fingerprint density at radius 2 is 1.69 bits per heavy atom. The molecule has 8 nitrogen and oxygen atoms in total. The van der Waals surface area contributed by atoms with Gasteiger partial charge in [0.2, 0.25) is 17.8 Å². The summed E-state index contributed by atoms with van der Waals surface area (Å²) in [5.41, 5.74) is 6.37. The van der Waals surface area contributed by atoms with E-state index in [2.05, 4.69) is 26.8 Å². The molecule has 1 aromatic heterocycles. The van der Waals surface area contributed by atoms with Crippen LogP contribution in [0.25, 0.3) is 0 Å². The van der Waals surface area contributed by atoms with Crippen molar-refractivity contribution in [2.24, 2.45) is 0 Å². The molecule has 0 unspecified atom stereocenters. The van der Waals surface area contributed by atoms with Crippen molar-refractivity contribution in [3.63, 3.8) is 0 Å². The molecule has 1 amide bonds. The van der Waals surface area contributed by atoms with Crippen LogP contribution in [0.15, 0.2) is 30.3 Å². The van der Waals surface area contributed by atoms with Gasteiger partial charge in [-0.05, 0) is 26.3 Å². The number of aromatic nitrogens is 3. The van der Waals surface area contributed by atoms with E-state index in [1.807, 2.05) is 68.1 Å². The molecule has 156 valence electrons. The third kappa shape index (κ3) is 4.48. The van der Waals surface area contributed by atoms with Gasteiger partial charge in [0, 0.05) is 40.3 Å². The number of piperazine rings is 1. The summed E-state index contributed by atoms with van der Waals surface area (Å²) in [5.74, 6) is 1.60. The highest BCUT2D eigenvalue weighted by Crippen LogP contribution is 2.27. The molecule has 2 N–H and O–H groups in total. The van der Waals surface area contributed by atoms with Crippen LogP contribution in [0.5, 0.6) is 0 Å². The predicted molar refractivity (Wildman–Crippen MR) is 115 cm³/mol. The predicted octanol–water partition coefficient (Wildman–Crippen LogP) is 1.70. The minimum atomic E-state index is -0.543. The number of nitrogens with two attached hydrogens (primary N) is 1. The van der Waals surface area contributed by atoms with Crippen molar-refractivity contribution in [3.8, 4) is 0 Å². The first-order chi connectivity index (χ1) is 13.7. The van der Waals surface area contributed by atoms with Gasteiger partial charge in [-0.1, -0.05) is 30.3 Å². The molecule has 1 aliphatic rings. The first-order valence-corrected chi connectivity index (χ1v) is 9.98. The Labute approximate surface area is 172 Å². The molecule has 0 bridgehead atoms. The summed E-state index contributed by atoms with van der Waals surface area (Å²) in [4.78, 5) is 32.3. The second-order valence-electron chi connectivity index (χ2n) is 8.24. The molecule has 0 radical (unpaired) electrons. The topological polar surface area (TPSA) is 91.5 Å². The van der Waals surface area contributed by atoms with Gasteiger partial charge in [0.25, 0.3) is 0 Å². The molecule has 1 saturated heterocycles. The van der Waals surface area contributed by atoms with Crippen LogP contribution in [0, 0.1) is 0 Å². The molecule has 3 rings (SSSR count). The molecular weight excluding hydrogens is 366 g/mol. The molecule has 1 fully saturated rings. The van der Waals surface area contributed by atoms with Gasteiger partial charge in [-0.2, -0.15) is 15.0 Å². The monoisotopic (exact) mass is 397 g/mol. The van der Waals surface area contributed by atoms with Gasteiger partial charge in [0.1, 0.15) is 0 Å². The van der Waals surface area contributed by atoms with E-state index in [-0.39, 0.29) is 17.9 Å². The number of hydrogen-bond acceptors (Lipinski definition) is 7. The van der Waals surface area contributed by atoms with Crippen molar-refractivity contribution in [1.82, 2.24) is 24.8 Å². The van der Waals surface area contributed by atoms with Gasteiger partial charge in [0.15, 0.2) is 5.82 Å². The summed E-state index contributed by atoms with van der Waals surface area (Å²) in [6, 6.07) is 9.96. The second kappa shape index (κ2) is 8.32. The van der Waals surface area contributed by atoms with E-state index in [9.17, 15) is 4.79 Å². The lowest BCUT2D eigenvalue weighted by molar-refractivity contribution is -0.138. The SMILES string of the molecule is C[C@@H](c1nc(N)nc(N(C)C)n1)N1CCN(C(=O)C(C)(C)c2ccccc2)CC1. The third-order valence-corrected chi connectivity index (χ3v) is 5.61. The Morgan fingerprint density at radius 3 is 2.28 bits per heavy atom. The highest BCUT2D eigenvalue weighted by Gasteiger charge is 2.36. The lowest BCUT2D eigenvalue weighted by Gasteiger charge is -2.40. The van der Waals surface area contributed by atoms with E-state index in [0.29, 0.717) is 24.9 Å². The maximum Gasteiger partial charge on any atom is 0.232 e. The molecule has 1 aromatic carbocycles. The van der Waals surface area contributed by atoms with Crippen molar-refractivity contribution >= 4 is 17.8 Å². The van der Waals surface area contributed by atoms with Gasteiger partial charge in [-0.3, -0.25) is 9.69 Å². The fourth-order valence-electron chi connectivity index (χ4n) is 3.63. The molecule has 8 heteroatoms. The maximum absolute atomic E-state index is 13.2. The van der Waals surface area contributed by atoms with E-state index in [0.717, 1.165) is 18.7 Å². The summed E-state index contributed by atoms with van der Waals surface area (Å²) in [5, 5.41) is 0. The number of rotatable bonds is 5. The van der Waals surface area contributed by atoms with Gasteiger partial charge >= 0.3 is 0 Å². The van der Waals surface area contributed by atoms with Crippen LogP contribution in [-0.4, -0.2) is 70.9 Å². The summed E-state index contributed by atoms with van der Waals surface area (Å²) in [6.45, 7) is 8.95. The number of nitrogens with zero attached hydrogens (tertiary/aromatic N) is 6. The van der Waals surface area contributed by atoms with Crippen LogP contribution in [0.2, 0.25) is 0 Å². The maximum atomic E-state index is 13.2. The van der Waals surface area contributed by atoms with Crippen LogP contribution in [0.3, 0.4) is 0 Å². The number of carbonyl (C=O) groups is 1. The molecule has 1 aliphatic heterocycles. The zero-order valence-corrected chi connectivity index (χ0v) is 18.0. The van der Waals surface area contributed by atoms with Crippen molar-refractivity contribution in [2.75, 3.05) is 50.9 Å². The van der Waals surface area contributed by atoms with E-state index in [4.69, 9.17) is 5.73 Å². The molecule has 0 saturated carbocycles. The normalized spacial score (nSPS) is 16.5.